The number of oxime groups is 1. The van der Waals surface area contributed by atoms with Crippen molar-refractivity contribution in [1.29, 1.82) is 0 Å². The zero-order valence-corrected chi connectivity index (χ0v) is 11.7. The molecule has 5 nitrogen and oxygen atoms in total. The summed E-state index contributed by atoms with van der Waals surface area (Å²) in [4.78, 5) is 16.2. The van der Waals surface area contributed by atoms with E-state index >= 15 is 0 Å². The molecule has 0 aliphatic carbocycles. The lowest BCUT2D eigenvalue weighted by Crippen LogP contribution is -2.13. The van der Waals surface area contributed by atoms with E-state index in [9.17, 15) is 9.18 Å². The van der Waals surface area contributed by atoms with Gasteiger partial charge in [0.15, 0.2) is 5.13 Å². The van der Waals surface area contributed by atoms with E-state index < -0.39 is 0 Å². The molecule has 0 bridgehead atoms. The van der Waals surface area contributed by atoms with Gasteiger partial charge >= 0.3 is 0 Å². The van der Waals surface area contributed by atoms with Gasteiger partial charge in [0.2, 0.25) is 0 Å². The Labute approximate surface area is 118 Å². The number of halogens is 1. The highest BCUT2D eigenvalue weighted by molar-refractivity contribution is 7.14. The fourth-order valence-electron chi connectivity index (χ4n) is 1.59. The van der Waals surface area contributed by atoms with Gasteiger partial charge in [0.25, 0.3) is 5.91 Å². The number of nitrogens with zero attached hydrogens (tertiary/aromatic N) is 2. The Morgan fingerprint density at radius 1 is 1.50 bits per heavy atom. The summed E-state index contributed by atoms with van der Waals surface area (Å²) in [6.45, 7) is 3.26. The van der Waals surface area contributed by atoms with E-state index in [1.165, 1.54) is 29.5 Å². The summed E-state index contributed by atoms with van der Waals surface area (Å²) in [5.41, 5.74) is 1.78. The van der Waals surface area contributed by atoms with Crippen molar-refractivity contribution in [2.75, 3.05) is 5.32 Å². The predicted octanol–water partition coefficient (Wildman–Crippen LogP) is 3.04. The van der Waals surface area contributed by atoms with E-state index in [4.69, 9.17) is 5.21 Å². The first kappa shape index (κ1) is 14.1. The van der Waals surface area contributed by atoms with Gasteiger partial charge in [-0.25, -0.2) is 9.37 Å². The maximum absolute atomic E-state index is 13.0. The number of rotatable bonds is 3. The third-order valence-corrected chi connectivity index (χ3v) is 3.44. The van der Waals surface area contributed by atoms with E-state index in [1.54, 1.807) is 19.2 Å². The highest BCUT2D eigenvalue weighted by Gasteiger charge is 2.12. The number of aryl methyl sites for hydroxylation is 1. The molecule has 1 aromatic heterocycles. The zero-order chi connectivity index (χ0) is 14.7. The minimum absolute atomic E-state index is 0.359. The number of aromatic nitrogens is 1. The summed E-state index contributed by atoms with van der Waals surface area (Å²) < 4.78 is 13.0. The first-order valence-corrected chi connectivity index (χ1v) is 6.61. The average molecular weight is 293 g/mol. The number of thiazole rings is 1. The normalized spacial score (nSPS) is 11.4. The van der Waals surface area contributed by atoms with Crippen LogP contribution in [-0.4, -0.2) is 21.8 Å². The Morgan fingerprint density at radius 2 is 2.25 bits per heavy atom. The van der Waals surface area contributed by atoms with Gasteiger partial charge in [-0.1, -0.05) is 5.16 Å². The Balaban J connectivity index is 2.17. The van der Waals surface area contributed by atoms with E-state index in [2.05, 4.69) is 15.5 Å². The average Bonchev–Trinajstić information content (AvgIpc) is 2.86. The van der Waals surface area contributed by atoms with Crippen LogP contribution in [0.5, 0.6) is 0 Å². The standard InChI is InChI=1S/C13H12FN3O2S/c1-7-5-9(14)3-4-10(7)12(18)16-13-15-11(6-20-13)8(2)17-19/h3-6,19H,1-2H3,(H,15,16,18)/b17-8-. The number of nitrogens with one attached hydrogen (secondary N) is 1. The fraction of sp³-hybridized carbons (Fsp3) is 0.154. The van der Waals surface area contributed by atoms with Gasteiger partial charge in [-0.3, -0.25) is 10.1 Å². The third kappa shape index (κ3) is 3.00. The number of carbonyl (C=O) groups excluding carboxylic acids is 1. The van der Waals surface area contributed by atoms with Crippen molar-refractivity contribution in [2.24, 2.45) is 5.16 Å². The molecule has 0 atom stereocenters. The van der Waals surface area contributed by atoms with Gasteiger partial charge in [-0.05, 0) is 37.6 Å². The van der Waals surface area contributed by atoms with Crippen molar-refractivity contribution in [3.63, 3.8) is 0 Å². The van der Waals surface area contributed by atoms with Crippen LogP contribution in [0, 0.1) is 12.7 Å². The lowest BCUT2D eigenvalue weighted by Gasteiger charge is -2.05. The Kier molecular flexibility index (Phi) is 4.09. The minimum atomic E-state index is -0.384. The topological polar surface area (TPSA) is 74.6 Å². The molecule has 1 aromatic carbocycles. The molecule has 0 saturated carbocycles. The van der Waals surface area contributed by atoms with Gasteiger partial charge in [0.1, 0.15) is 17.2 Å². The maximum atomic E-state index is 13.0. The quantitative estimate of drug-likeness (QED) is 0.519. The van der Waals surface area contributed by atoms with Crippen LogP contribution in [0.2, 0.25) is 0 Å². The summed E-state index contributed by atoms with van der Waals surface area (Å²) in [6, 6.07) is 3.96. The van der Waals surface area contributed by atoms with Crippen LogP contribution < -0.4 is 5.32 Å². The minimum Gasteiger partial charge on any atom is -0.411 e. The molecule has 2 aromatic rings. The number of anilines is 1. The lowest BCUT2D eigenvalue weighted by atomic mass is 10.1. The molecule has 0 aliphatic heterocycles. The van der Waals surface area contributed by atoms with Crippen LogP contribution in [0.25, 0.3) is 0 Å². The van der Waals surface area contributed by atoms with Crippen molar-refractivity contribution in [3.05, 3.63) is 46.2 Å². The van der Waals surface area contributed by atoms with Crippen molar-refractivity contribution in [1.82, 2.24) is 4.98 Å². The molecule has 0 radical (unpaired) electrons. The largest absolute Gasteiger partial charge is 0.411 e. The number of amides is 1. The number of hydrogen-bond donors (Lipinski definition) is 2. The van der Waals surface area contributed by atoms with E-state index in [0.29, 0.717) is 27.7 Å². The molecule has 0 spiro atoms. The van der Waals surface area contributed by atoms with Gasteiger partial charge < -0.3 is 5.21 Å². The maximum Gasteiger partial charge on any atom is 0.257 e. The van der Waals surface area contributed by atoms with Crippen LogP contribution in [0.4, 0.5) is 9.52 Å². The monoisotopic (exact) mass is 293 g/mol. The molecular formula is C13H12FN3O2S. The second-order valence-electron chi connectivity index (χ2n) is 4.14. The molecule has 0 saturated heterocycles. The Hall–Kier alpha value is -2.28. The van der Waals surface area contributed by atoms with Crippen LogP contribution in [0.1, 0.15) is 28.5 Å². The van der Waals surface area contributed by atoms with Gasteiger partial charge in [-0.2, -0.15) is 0 Å². The molecule has 1 heterocycles. The molecule has 7 heteroatoms. The number of hydrogen-bond acceptors (Lipinski definition) is 5. The van der Waals surface area contributed by atoms with Gasteiger partial charge in [-0.15, -0.1) is 11.3 Å². The van der Waals surface area contributed by atoms with Crippen molar-refractivity contribution < 1.29 is 14.4 Å². The zero-order valence-electron chi connectivity index (χ0n) is 10.8. The Morgan fingerprint density at radius 3 is 2.90 bits per heavy atom. The van der Waals surface area contributed by atoms with Crippen molar-refractivity contribution in [3.8, 4) is 0 Å². The molecule has 104 valence electrons. The van der Waals surface area contributed by atoms with E-state index in [0.717, 1.165) is 0 Å². The van der Waals surface area contributed by atoms with Crippen LogP contribution in [0.3, 0.4) is 0 Å². The number of benzene rings is 1. The molecule has 0 unspecified atom stereocenters. The van der Waals surface area contributed by atoms with E-state index in [1.807, 2.05) is 0 Å². The highest BCUT2D eigenvalue weighted by Crippen LogP contribution is 2.18. The summed E-state index contributed by atoms with van der Waals surface area (Å²) in [6.07, 6.45) is 0. The molecule has 1 amide bonds. The second-order valence-corrected chi connectivity index (χ2v) is 4.99. The molecular weight excluding hydrogens is 281 g/mol. The fourth-order valence-corrected chi connectivity index (χ4v) is 2.34. The van der Waals surface area contributed by atoms with Gasteiger partial charge in [0.05, 0.1) is 0 Å². The second kappa shape index (κ2) is 5.79. The molecule has 0 fully saturated rings. The summed E-state index contributed by atoms with van der Waals surface area (Å²) in [5.74, 6) is -0.743. The third-order valence-electron chi connectivity index (χ3n) is 2.68. The predicted molar refractivity (Wildman–Crippen MR) is 75.2 cm³/mol. The summed E-state index contributed by atoms with van der Waals surface area (Å²) in [5, 5.41) is 16.4. The summed E-state index contributed by atoms with van der Waals surface area (Å²) in [7, 11) is 0. The summed E-state index contributed by atoms with van der Waals surface area (Å²) >= 11 is 1.22. The van der Waals surface area contributed by atoms with Crippen LogP contribution in [-0.2, 0) is 0 Å². The molecule has 0 aliphatic rings. The lowest BCUT2D eigenvalue weighted by molar-refractivity contribution is 0.102. The number of carbonyl (C=O) groups is 1. The Bertz CT molecular complexity index is 682. The van der Waals surface area contributed by atoms with Gasteiger partial charge in [0, 0.05) is 10.9 Å². The molecule has 2 rings (SSSR count). The SMILES string of the molecule is C/C(=N/O)c1csc(NC(=O)c2ccc(F)cc2C)n1. The first-order chi connectivity index (χ1) is 9.51. The van der Waals surface area contributed by atoms with Crippen molar-refractivity contribution in [2.45, 2.75) is 13.8 Å². The van der Waals surface area contributed by atoms with Crippen molar-refractivity contribution >= 4 is 28.1 Å². The van der Waals surface area contributed by atoms with Crippen LogP contribution >= 0.6 is 11.3 Å². The first-order valence-electron chi connectivity index (χ1n) is 5.73. The molecule has 20 heavy (non-hydrogen) atoms. The highest BCUT2D eigenvalue weighted by atomic mass is 32.1. The van der Waals surface area contributed by atoms with Crippen LogP contribution in [0.15, 0.2) is 28.7 Å². The molecule has 2 N–H and O–H groups in total. The van der Waals surface area contributed by atoms with E-state index in [-0.39, 0.29) is 11.7 Å². The smallest absolute Gasteiger partial charge is 0.257 e.